The van der Waals surface area contributed by atoms with Crippen LogP contribution in [0.25, 0.3) is 0 Å². The predicted molar refractivity (Wildman–Crippen MR) is 122 cm³/mol. The molecule has 0 saturated carbocycles. The minimum atomic E-state index is -0.602. The second-order valence-corrected chi connectivity index (χ2v) is 9.60. The number of halogens is 1. The summed E-state index contributed by atoms with van der Waals surface area (Å²) in [4.78, 5) is 33.7. The number of carbonyl (C=O) groups is 2. The highest BCUT2D eigenvalue weighted by Crippen LogP contribution is 2.48. The first-order valence-electron chi connectivity index (χ1n) is 11.7. The highest BCUT2D eigenvalue weighted by atomic mass is 19.1. The van der Waals surface area contributed by atoms with Crippen molar-refractivity contribution >= 4 is 11.8 Å². The second kappa shape index (κ2) is 8.54. The van der Waals surface area contributed by atoms with Crippen LogP contribution in [0.1, 0.15) is 41.3 Å². The molecule has 2 fully saturated rings. The van der Waals surface area contributed by atoms with E-state index in [1.165, 1.54) is 12.1 Å². The van der Waals surface area contributed by atoms with Crippen molar-refractivity contribution in [2.24, 2.45) is 0 Å². The molecular formula is C26H30FN3O3. The van der Waals surface area contributed by atoms with Crippen molar-refractivity contribution in [3.63, 3.8) is 0 Å². The first kappa shape index (κ1) is 22.0. The standard InChI is InChI=1S/C26H30FN3O3/c1-18(2)30-24(31)22-6-4-3-5-21(22)23(25(32)29-11-13-33-14-12-29)26(30)16-28(17-26)15-19-7-9-20(27)10-8-19/h3-10,18,23H,11-17H2,1-2H3. The van der Waals surface area contributed by atoms with Crippen LogP contribution in [0.3, 0.4) is 0 Å². The molecule has 2 saturated heterocycles. The van der Waals surface area contributed by atoms with Gasteiger partial charge < -0.3 is 14.5 Å². The largest absolute Gasteiger partial charge is 0.378 e. The Balaban J connectivity index is 1.51. The van der Waals surface area contributed by atoms with Gasteiger partial charge in [0, 0.05) is 44.3 Å². The summed E-state index contributed by atoms with van der Waals surface area (Å²) in [6.07, 6.45) is 0. The van der Waals surface area contributed by atoms with Crippen molar-refractivity contribution in [3.05, 3.63) is 71.0 Å². The van der Waals surface area contributed by atoms with Crippen molar-refractivity contribution in [2.75, 3.05) is 39.4 Å². The molecule has 0 aliphatic carbocycles. The fraction of sp³-hybridized carbons (Fsp3) is 0.462. The molecule has 3 aliphatic rings. The number of likely N-dealkylation sites (tertiary alicyclic amines) is 1. The van der Waals surface area contributed by atoms with Gasteiger partial charge in [0.1, 0.15) is 5.82 Å². The summed E-state index contributed by atoms with van der Waals surface area (Å²) in [5, 5.41) is 0. The van der Waals surface area contributed by atoms with E-state index in [0.29, 0.717) is 51.5 Å². The van der Waals surface area contributed by atoms with Crippen LogP contribution in [-0.4, -0.2) is 77.5 Å². The van der Waals surface area contributed by atoms with Crippen molar-refractivity contribution in [1.29, 1.82) is 0 Å². The van der Waals surface area contributed by atoms with E-state index in [1.807, 2.05) is 47.9 Å². The molecule has 0 aromatic heterocycles. The third kappa shape index (κ3) is 3.73. The molecule has 2 aromatic rings. The summed E-state index contributed by atoms with van der Waals surface area (Å²) in [6.45, 7) is 8.12. The van der Waals surface area contributed by atoms with Gasteiger partial charge in [-0.3, -0.25) is 14.5 Å². The zero-order chi connectivity index (χ0) is 23.2. The lowest BCUT2D eigenvalue weighted by atomic mass is 9.67. The van der Waals surface area contributed by atoms with Crippen LogP contribution >= 0.6 is 0 Å². The zero-order valence-corrected chi connectivity index (χ0v) is 19.2. The molecule has 5 rings (SSSR count). The number of fused-ring (bicyclic) bond motifs is 1. The highest BCUT2D eigenvalue weighted by molar-refractivity contribution is 6.02. The number of benzene rings is 2. The van der Waals surface area contributed by atoms with E-state index >= 15 is 0 Å². The normalized spacial score (nSPS) is 22.4. The number of carbonyl (C=O) groups excluding carboxylic acids is 2. The van der Waals surface area contributed by atoms with Gasteiger partial charge in [-0.1, -0.05) is 30.3 Å². The first-order valence-corrected chi connectivity index (χ1v) is 11.7. The molecule has 7 heteroatoms. The minimum absolute atomic E-state index is 0.00643. The monoisotopic (exact) mass is 451 g/mol. The van der Waals surface area contributed by atoms with Crippen LogP contribution in [-0.2, 0) is 16.1 Å². The Morgan fingerprint density at radius 2 is 1.76 bits per heavy atom. The molecule has 33 heavy (non-hydrogen) atoms. The molecule has 2 aromatic carbocycles. The van der Waals surface area contributed by atoms with E-state index < -0.39 is 11.5 Å². The summed E-state index contributed by atoms with van der Waals surface area (Å²) in [7, 11) is 0. The lowest BCUT2D eigenvalue weighted by molar-refractivity contribution is -0.148. The molecule has 174 valence electrons. The Labute approximate surface area is 193 Å². The van der Waals surface area contributed by atoms with Gasteiger partial charge in [0.2, 0.25) is 5.91 Å². The van der Waals surface area contributed by atoms with Crippen LogP contribution in [0.5, 0.6) is 0 Å². The molecule has 0 radical (unpaired) electrons. The molecule has 1 atom stereocenters. The third-order valence-electron chi connectivity index (χ3n) is 7.14. The Morgan fingerprint density at radius 3 is 2.42 bits per heavy atom. The zero-order valence-electron chi connectivity index (χ0n) is 19.2. The molecule has 3 aliphatic heterocycles. The first-order chi connectivity index (χ1) is 15.9. The SMILES string of the molecule is CC(C)N1C(=O)c2ccccc2C(C(=O)N2CCOCC2)C12CN(Cc1ccc(F)cc1)C2. The van der Waals surface area contributed by atoms with Gasteiger partial charge in [-0.15, -0.1) is 0 Å². The average Bonchev–Trinajstić information content (AvgIpc) is 2.79. The summed E-state index contributed by atoms with van der Waals surface area (Å²) in [6, 6.07) is 14.0. The smallest absolute Gasteiger partial charge is 0.254 e. The van der Waals surface area contributed by atoms with E-state index in [0.717, 1.165) is 11.1 Å². The molecule has 1 unspecified atom stereocenters. The van der Waals surface area contributed by atoms with Crippen molar-refractivity contribution in [1.82, 2.24) is 14.7 Å². The van der Waals surface area contributed by atoms with Crippen LogP contribution in [0, 0.1) is 5.82 Å². The van der Waals surface area contributed by atoms with Crippen molar-refractivity contribution in [2.45, 2.75) is 37.9 Å². The number of amides is 2. The van der Waals surface area contributed by atoms with Crippen molar-refractivity contribution < 1.29 is 18.7 Å². The lowest BCUT2D eigenvalue weighted by Crippen LogP contribution is -2.77. The van der Waals surface area contributed by atoms with Crippen LogP contribution in [0.4, 0.5) is 4.39 Å². The average molecular weight is 452 g/mol. The van der Waals surface area contributed by atoms with Gasteiger partial charge >= 0.3 is 0 Å². The molecule has 1 spiro atoms. The Morgan fingerprint density at radius 1 is 1.09 bits per heavy atom. The number of rotatable bonds is 4. The molecular weight excluding hydrogens is 421 g/mol. The number of nitrogens with zero attached hydrogens (tertiary/aromatic N) is 3. The Kier molecular flexibility index (Phi) is 5.70. The summed E-state index contributed by atoms with van der Waals surface area (Å²) >= 11 is 0. The molecule has 3 heterocycles. The van der Waals surface area contributed by atoms with E-state index in [4.69, 9.17) is 4.74 Å². The molecule has 2 amide bonds. The van der Waals surface area contributed by atoms with E-state index in [2.05, 4.69) is 4.90 Å². The van der Waals surface area contributed by atoms with Crippen LogP contribution < -0.4 is 0 Å². The van der Waals surface area contributed by atoms with Crippen LogP contribution in [0.2, 0.25) is 0 Å². The van der Waals surface area contributed by atoms with Gasteiger partial charge in [0.25, 0.3) is 5.91 Å². The number of morpholine rings is 1. The highest BCUT2D eigenvalue weighted by Gasteiger charge is 2.61. The molecule has 0 N–H and O–H groups in total. The maximum absolute atomic E-state index is 14.0. The van der Waals surface area contributed by atoms with Gasteiger partial charge in [-0.05, 0) is 43.2 Å². The Bertz CT molecular complexity index is 1040. The van der Waals surface area contributed by atoms with Gasteiger partial charge in [0.05, 0.1) is 24.7 Å². The van der Waals surface area contributed by atoms with Crippen LogP contribution in [0.15, 0.2) is 48.5 Å². The summed E-state index contributed by atoms with van der Waals surface area (Å²) < 4.78 is 18.8. The predicted octanol–water partition coefficient (Wildman–Crippen LogP) is 2.89. The van der Waals surface area contributed by atoms with Gasteiger partial charge in [-0.25, -0.2) is 4.39 Å². The number of ether oxygens (including phenoxy) is 1. The van der Waals surface area contributed by atoms with E-state index in [1.54, 1.807) is 12.1 Å². The number of hydrogen-bond donors (Lipinski definition) is 0. The van der Waals surface area contributed by atoms with Crippen molar-refractivity contribution in [3.8, 4) is 0 Å². The summed E-state index contributed by atoms with van der Waals surface area (Å²) in [5.74, 6) is -0.606. The molecule has 6 nitrogen and oxygen atoms in total. The maximum atomic E-state index is 14.0. The van der Waals surface area contributed by atoms with E-state index in [-0.39, 0.29) is 23.7 Å². The maximum Gasteiger partial charge on any atom is 0.254 e. The summed E-state index contributed by atoms with van der Waals surface area (Å²) in [5.41, 5.74) is 1.87. The van der Waals surface area contributed by atoms with Gasteiger partial charge in [-0.2, -0.15) is 0 Å². The fourth-order valence-corrected chi connectivity index (χ4v) is 5.80. The number of hydrogen-bond acceptors (Lipinski definition) is 4. The second-order valence-electron chi connectivity index (χ2n) is 9.60. The quantitative estimate of drug-likeness (QED) is 0.718. The third-order valence-corrected chi connectivity index (χ3v) is 7.14. The van der Waals surface area contributed by atoms with E-state index in [9.17, 15) is 14.0 Å². The molecule has 0 bridgehead atoms. The minimum Gasteiger partial charge on any atom is -0.378 e. The fourth-order valence-electron chi connectivity index (χ4n) is 5.80. The van der Waals surface area contributed by atoms with Gasteiger partial charge in [0.15, 0.2) is 0 Å². The topological polar surface area (TPSA) is 53.1 Å². The Hall–Kier alpha value is -2.77. The lowest BCUT2D eigenvalue weighted by Gasteiger charge is -2.62.